The van der Waals surface area contributed by atoms with Crippen LogP contribution in [-0.2, 0) is 16.1 Å². The fraction of sp³-hybridized carbons (Fsp3) is 0.583. The Morgan fingerprint density at radius 2 is 2.00 bits per heavy atom. The van der Waals surface area contributed by atoms with Crippen LogP contribution in [0.2, 0.25) is 0 Å². The lowest BCUT2D eigenvalue weighted by atomic mass is 9.78. The number of ether oxygens (including phenoxy) is 2. The van der Waals surface area contributed by atoms with E-state index in [1.807, 2.05) is 30.0 Å². The fourth-order valence-corrected chi connectivity index (χ4v) is 4.80. The molecule has 1 aromatic heterocycles. The Bertz CT molecular complexity index is 821. The number of aromatic nitrogens is 1. The van der Waals surface area contributed by atoms with Gasteiger partial charge in [-0.05, 0) is 57.4 Å². The second-order valence-corrected chi connectivity index (χ2v) is 8.71. The molecule has 1 aromatic carbocycles. The molecule has 2 aromatic rings. The highest BCUT2D eigenvalue weighted by molar-refractivity contribution is 5.96. The minimum Gasteiger partial charge on any atom is -0.377 e. The van der Waals surface area contributed by atoms with Crippen LogP contribution in [0.25, 0.3) is 0 Å². The standard InChI is InChI=1S/C24H32N2O4/c1-18-22(19(2)30-25-18)23(27)26-12-10-24(11-13-26)16-20(9-15-29-24)8-14-28-17-21-6-4-3-5-7-21/h3-7,20H,8-17H2,1-2H3. The van der Waals surface area contributed by atoms with Gasteiger partial charge in [0.2, 0.25) is 0 Å². The zero-order chi connectivity index (χ0) is 21.0. The van der Waals surface area contributed by atoms with Crippen molar-refractivity contribution in [3.8, 4) is 0 Å². The maximum Gasteiger partial charge on any atom is 0.259 e. The summed E-state index contributed by atoms with van der Waals surface area (Å²) >= 11 is 0. The number of rotatable bonds is 6. The predicted octanol–water partition coefficient (Wildman–Crippen LogP) is 4.30. The lowest BCUT2D eigenvalue weighted by Crippen LogP contribution is -2.51. The second-order valence-electron chi connectivity index (χ2n) is 8.71. The normalized spacial score (nSPS) is 21.1. The molecule has 2 aliphatic rings. The van der Waals surface area contributed by atoms with Crippen molar-refractivity contribution in [2.45, 2.75) is 58.2 Å². The maximum atomic E-state index is 12.9. The number of aryl methyl sites for hydroxylation is 2. The summed E-state index contributed by atoms with van der Waals surface area (Å²) in [6, 6.07) is 10.3. The lowest BCUT2D eigenvalue weighted by molar-refractivity contribution is -0.126. The number of piperidine rings is 1. The molecule has 0 radical (unpaired) electrons. The van der Waals surface area contributed by atoms with Crippen LogP contribution in [0, 0.1) is 19.8 Å². The van der Waals surface area contributed by atoms with Gasteiger partial charge in [-0.15, -0.1) is 0 Å². The average molecular weight is 413 g/mol. The third-order valence-corrected chi connectivity index (χ3v) is 6.59. The zero-order valence-electron chi connectivity index (χ0n) is 18.1. The van der Waals surface area contributed by atoms with Crippen LogP contribution in [0.15, 0.2) is 34.9 Å². The first-order chi connectivity index (χ1) is 14.6. The van der Waals surface area contributed by atoms with Gasteiger partial charge in [0.1, 0.15) is 11.3 Å². The van der Waals surface area contributed by atoms with E-state index in [9.17, 15) is 4.79 Å². The molecular formula is C24H32N2O4. The van der Waals surface area contributed by atoms with Crippen molar-refractivity contribution in [3.05, 3.63) is 52.9 Å². The van der Waals surface area contributed by atoms with Crippen LogP contribution < -0.4 is 0 Å². The molecule has 3 heterocycles. The van der Waals surface area contributed by atoms with Crippen LogP contribution in [0.5, 0.6) is 0 Å². The van der Waals surface area contributed by atoms with Crippen LogP contribution in [0.1, 0.15) is 59.5 Å². The summed E-state index contributed by atoms with van der Waals surface area (Å²) in [4.78, 5) is 14.8. The highest BCUT2D eigenvalue weighted by Gasteiger charge is 2.41. The topological polar surface area (TPSA) is 64.8 Å². The van der Waals surface area contributed by atoms with E-state index in [0.717, 1.165) is 58.4 Å². The number of amides is 1. The number of carbonyl (C=O) groups excluding carboxylic acids is 1. The third kappa shape index (κ3) is 4.76. The largest absolute Gasteiger partial charge is 0.377 e. The van der Waals surface area contributed by atoms with Gasteiger partial charge in [-0.3, -0.25) is 4.79 Å². The number of hydrogen-bond acceptors (Lipinski definition) is 5. The summed E-state index contributed by atoms with van der Waals surface area (Å²) in [5.41, 5.74) is 2.42. The van der Waals surface area contributed by atoms with Gasteiger partial charge in [0.05, 0.1) is 17.9 Å². The number of carbonyl (C=O) groups is 1. The van der Waals surface area contributed by atoms with E-state index in [1.54, 1.807) is 6.92 Å². The predicted molar refractivity (Wildman–Crippen MR) is 113 cm³/mol. The molecule has 2 aliphatic heterocycles. The van der Waals surface area contributed by atoms with Crippen molar-refractivity contribution in [2.24, 2.45) is 5.92 Å². The first kappa shape index (κ1) is 21.1. The van der Waals surface area contributed by atoms with Gasteiger partial charge in [0, 0.05) is 26.3 Å². The molecule has 1 atom stereocenters. The fourth-order valence-electron chi connectivity index (χ4n) is 4.80. The summed E-state index contributed by atoms with van der Waals surface area (Å²) in [5, 5.41) is 3.92. The van der Waals surface area contributed by atoms with Gasteiger partial charge in [-0.25, -0.2) is 0 Å². The Morgan fingerprint density at radius 3 is 2.70 bits per heavy atom. The van der Waals surface area contributed by atoms with Crippen LogP contribution in [0.3, 0.4) is 0 Å². The van der Waals surface area contributed by atoms with Crippen LogP contribution in [-0.4, -0.2) is 47.9 Å². The Kier molecular flexibility index (Phi) is 6.54. The Hall–Kier alpha value is -2.18. The Balaban J connectivity index is 1.25. The quantitative estimate of drug-likeness (QED) is 0.662. The molecule has 30 heavy (non-hydrogen) atoms. The molecule has 162 valence electrons. The van der Waals surface area contributed by atoms with Gasteiger partial charge in [-0.2, -0.15) is 0 Å². The molecule has 1 unspecified atom stereocenters. The van der Waals surface area contributed by atoms with Gasteiger partial charge >= 0.3 is 0 Å². The van der Waals surface area contributed by atoms with E-state index in [1.165, 1.54) is 5.56 Å². The summed E-state index contributed by atoms with van der Waals surface area (Å²) < 4.78 is 17.3. The van der Waals surface area contributed by atoms with Gasteiger partial charge in [0.15, 0.2) is 0 Å². The van der Waals surface area contributed by atoms with Crippen LogP contribution >= 0.6 is 0 Å². The van der Waals surface area contributed by atoms with E-state index >= 15 is 0 Å². The van der Waals surface area contributed by atoms with Crippen molar-refractivity contribution < 1.29 is 18.8 Å². The third-order valence-electron chi connectivity index (χ3n) is 6.59. The molecule has 0 aliphatic carbocycles. The van der Waals surface area contributed by atoms with Crippen LogP contribution in [0.4, 0.5) is 0 Å². The SMILES string of the molecule is Cc1noc(C)c1C(=O)N1CCC2(CC1)CC(CCOCc1ccccc1)CCO2. The molecule has 4 rings (SSSR count). The number of nitrogens with zero attached hydrogens (tertiary/aromatic N) is 2. The summed E-state index contributed by atoms with van der Waals surface area (Å²) in [6.07, 6.45) is 5.01. The molecule has 0 saturated carbocycles. The summed E-state index contributed by atoms with van der Waals surface area (Å²) in [6.45, 7) is 7.33. The van der Waals surface area contributed by atoms with E-state index in [-0.39, 0.29) is 11.5 Å². The molecule has 2 saturated heterocycles. The number of likely N-dealkylation sites (tertiary alicyclic amines) is 1. The molecule has 0 bridgehead atoms. The van der Waals surface area contributed by atoms with Crippen molar-refractivity contribution in [1.29, 1.82) is 0 Å². The Labute approximate surface area is 178 Å². The van der Waals surface area contributed by atoms with E-state index in [4.69, 9.17) is 14.0 Å². The molecule has 1 spiro atoms. The van der Waals surface area contributed by atoms with Gasteiger partial charge in [-0.1, -0.05) is 35.5 Å². The minimum atomic E-state index is -0.0855. The van der Waals surface area contributed by atoms with E-state index in [2.05, 4.69) is 17.3 Å². The monoisotopic (exact) mass is 412 g/mol. The summed E-state index contributed by atoms with van der Waals surface area (Å²) in [5.74, 6) is 1.25. The van der Waals surface area contributed by atoms with Crippen molar-refractivity contribution >= 4 is 5.91 Å². The number of benzene rings is 1. The minimum absolute atomic E-state index is 0.0303. The van der Waals surface area contributed by atoms with E-state index < -0.39 is 0 Å². The van der Waals surface area contributed by atoms with Crippen molar-refractivity contribution in [3.63, 3.8) is 0 Å². The average Bonchev–Trinajstić information content (AvgIpc) is 3.10. The first-order valence-electron chi connectivity index (χ1n) is 11.0. The first-order valence-corrected chi connectivity index (χ1v) is 11.0. The van der Waals surface area contributed by atoms with Crippen molar-refractivity contribution in [2.75, 3.05) is 26.3 Å². The maximum absolute atomic E-state index is 12.9. The molecule has 6 heteroatoms. The highest BCUT2D eigenvalue weighted by Crippen LogP contribution is 2.39. The molecule has 6 nitrogen and oxygen atoms in total. The molecular weight excluding hydrogens is 380 g/mol. The summed E-state index contributed by atoms with van der Waals surface area (Å²) in [7, 11) is 0. The second kappa shape index (κ2) is 9.31. The smallest absolute Gasteiger partial charge is 0.259 e. The molecule has 2 fully saturated rings. The Morgan fingerprint density at radius 1 is 1.23 bits per heavy atom. The van der Waals surface area contributed by atoms with E-state index in [0.29, 0.717) is 29.5 Å². The lowest BCUT2D eigenvalue weighted by Gasteiger charge is -2.46. The van der Waals surface area contributed by atoms with Gasteiger partial charge in [0.25, 0.3) is 5.91 Å². The molecule has 1 amide bonds. The highest BCUT2D eigenvalue weighted by atomic mass is 16.5. The molecule has 0 N–H and O–H groups in total. The number of hydrogen-bond donors (Lipinski definition) is 0. The van der Waals surface area contributed by atoms with Gasteiger partial charge < -0.3 is 18.9 Å². The van der Waals surface area contributed by atoms with Crippen molar-refractivity contribution in [1.82, 2.24) is 10.1 Å². The zero-order valence-corrected chi connectivity index (χ0v) is 18.1.